The third-order valence-electron chi connectivity index (χ3n) is 2.89. The average Bonchev–Trinajstić information content (AvgIpc) is 3.00. The molecule has 3 aromatic rings. The van der Waals surface area contributed by atoms with E-state index in [2.05, 4.69) is 15.3 Å². The number of benzene rings is 1. The number of amides is 1. The van der Waals surface area contributed by atoms with Crippen LogP contribution in [-0.2, 0) is 0 Å². The molecule has 0 saturated carbocycles. The predicted octanol–water partition coefficient (Wildman–Crippen LogP) is 3.09. The molecule has 0 aliphatic heterocycles. The Labute approximate surface area is 123 Å². The molecule has 0 aliphatic rings. The van der Waals surface area contributed by atoms with Crippen molar-refractivity contribution >= 4 is 33.3 Å². The number of halogens is 1. The molecule has 2 aromatic heterocycles. The van der Waals surface area contributed by atoms with E-state index in [0.717, 1.165) is 0 Å². The number of aromatic nitrogens is 2. The Morgan fingerprint density at radius 3 is 2.95 bits per heavy atom. The normalized spacial score (nSPS) is 10.6. The number of carbonyl (C=O) groups is 1. The van der Waals surface area contributed by atoms with Crippen LogP contribution in [0.3, 0.4) is 0 Å². The molecule has 1 amide bonds. The van der Waals surface area contributed by atoms with E-state index in [9.17, 15) is 9.18 Å². The van der Waals surface area contributed by atoms with Crippen molar-refractivity contribution in [2.75, 3.05) is 12.4 Å². The Bertz CT molecular complexity index is 805. The molecule has 1 aromatic carbocycles. The highest BCUT2D eigenvalue weighted by Gasteiger charge is 2.13. The van der Waals surface area contributed by atoms with Crippen LogP contribution >= 0.6 is 11.3 Å². The third kappa shape index (κ3) is 2.55. The lowest BCUT2D eigenvalue weighted by atomic mass is 10.1. The van der Waals surface area contributed by atoms with Crippen molar-refractivity contribution in [2.24, 2.45) is 0 Å². The highest BCUT2D eigenvalue weighted by Crippen LogP contribution is 2.25. The zero-order chi connectivity index (χ0) is 14.8. The molecule has 0 spiro atoms. The summed E-state index contributed by atoms with van der Waals surface area (Å²) in [5.74, 6) is -0.757. The first kappa shape index (κ1) is 13.4. The molecule has 0 fully saturated rings. The fourth-order valence-electron chi connectivity index (χ4n) is 1.88. The highest BCUT2D eigenvalue weighted by molar-refractivity contribution is 7.13. The van der Waals surface area contributed by atoms with E-state index in [1.54, 1.807) is 23.7 Å². The molecule has 0 radical (unpaired) electrons. The number of fused-ring (bicyclic) bond motifs is 1. The summed E-state index contributed by atoms with van der Waals surface area (Å²) < 4.78 is 18.9. The minimum Gasteiger partial charge on any atom is -0.494 e. The van der Waals surface area contributed by atoms with E-state index in [1.807, 2.05) is 0 Å². The van der Waals surface area contributed by atoms with Gasteiger partial charge in [0.2, 0.25) is 0 Å². The third-order valence-corrected chi connectivity index (χ3v) is 3.58. The predicted molar refractivity (Wildman–Crippen MR) is 78.3 cm³/mol. The van der Waals surface area contributed by atoms with E-state index >= 15 is 0 Å². The van der Waals surface area contributed by atoms with Crippen LogP contribution in [0.25, 0.3) is 10.9 Å². The van der Waals surface area contributed by atoms with Gasteiger partial charge in [-0.3, -0.25) is 15.1 Å². The Kier molecular flexibility index (Phi) is 3.49. The summed E-state index contributed by atoms with van der Waals surface area (Å²) in [6.45, 7) is 0. The van der Waals surface area contributed by atoms with Gasteiger partial charge in [-0.2, -0.15) is 0 Å². The summed E-state index contributed by atoms with van der Waals surface area (Å²) in [7, 11) is 1.39. The number of anilines is 1. The van der Waals surface area contributed by atoms with Gasteiger partial charge in [-0.15, -0.1) is 11.3 Å². The van der Waals surface area contributed by atoms with Gasteiger partial charge in [-0.1, -0.05) is 0 Å². The van der Waals surface area contributed by atoms with Crippen molar-refractivity contribution < 1.29 is 13.9 Å². The molecular formula is C14H10FN3O2S. The summed E-state index contributed by atoms with van der Waals surface area (Å²) >= 11 is 1.32. The van der Waals surface area contributed by atoms with Crippen LogP contribution in [-0.4, -0.2) is 23.0 Å². The smallest absolute Gasteiger partial charge is 0.259 e. The maximum Gasteiger partial charge on any atom is 0.259 e. The first-order valence-electron chi connectivity index (χ1n) is 6.02. The van der Waals surface area contributed by atoms with Crippen LogP contribution in [0.1, 0.15) is 10.4 Å². The van der Waals surface area contributed by atoms with Crippen LogP contribution < -0.4 is 10.1 Å². The Balaban J connectivity index is 1.96. The molecule has 21 heavy (non-hydrogen) atoms. The number of ether oxygens (including phenoxy) is 1. The summed E-state index contributed by atoms with van der Waals surface area (Å²) in [6.07, 6.45) is 2.92. The zero-order valence-corrected chi connectivity index (χ0v) is 11.8. The van der Waals surface area contributed by atoms with E-state index < -0.39 is 5.82 Å². The lowest BCUT2D eigenvalue weighted by Crippen LogP contribution is -2.12. The minimum absolute atomic E-state index is 0.120. The van der Waals surface area contributed by atoms with Gasteiger partial charge in [0.15, 0.2) is 16.7 Å². The van der Waals surface area contributed by atoms with Gasteiger partial charge in [0.05, 0.1) is 12.7 Å². The van der Waals surface area contributed by atoms with Crippen molar-refractivity contribution in [3.05, 3.63) is 47.4 Å². The van der Waals surface area contributed by atoms with Gasteiger partial charge in [0.25, 0.3) is 5.91 Å². The molecule has 5 nitrogen and oxygen atoms in total. The van der Waals surface area contributed by atoms with E-state index in [1.165, 1.54) is 30.7 Å². The molecule has 1 N–H and O–H groups in total. The number of hydrogen-bond acceptors (Lipinski definition) is 5. The quantitative estimate of drug-likeness (QED) is 0.807. The van der Waals surface area contributed by atoms with E-state index in [4.69, 9.17) is 4.74 Å². The van der Waals surface area contributed by atoms with Gasteiger partial charge in [0, 0.05) is 23.2 Å². The van der Waals surface area contributed by atoms with Crippen LogP contribution in [0.2, 0.25) is 0 Å². The first-order chi connectivity index (χ1) is 10.2. The molecule has 0 unspecified atom stereocenters. The Hall–Kier alpha value is -2.54. The van der Waals surface area contributed by atoms with E-state index in [-0.39, 0.29) is 17.2 Å². The lowest BCUT2D eigenvalue weighted by molar-refractivity contribution is 0.102. The minimum atomic E-state index is -0.540. The van der Waals surface area contributed by atoms with Gasteiger partial charge < -0.3 is 4.74 Å². The highest BCUT2D eigenvalue weighted by atomic mass is 32.1. The van der Waals surface area contributed by atoms with E-state index in [0.29, 0.717) is 16.1 Å². The molecule has 7 heteroatoms. The fourth-order valence-corrected chi connectivity index (χ4v) is 2.41. The molecule has 2 heterocycles. The molecule has 0 aliphatic carbocycles. The van der Waals surface area contributed by atoms with Crippen molar-refractivity contribution in [1.29, 1.82) is 0 Å². The van der Waals surface area contributed by atoms with Crippen molar-refractivity contribution in [3.8, 4) is 5.75 Å². The second kappa shape index (κ2) is 5.45. The number of rotatable bonds is 3. The first-order valence-corrected chi connectivity index (χ1v) is 6.90. The monoisotopic (exact) mass is 303 g/mol. The summed E-state index contributed by atoms with van der Waals surface area (Å²) in [6, 6.07) is 4.74. The molecule has 0 atom stereocenters. The number of nitrogens with zero attached hydrogens (tertiary/aromatic N) is 2. The molecule has 0 bridgehead atoms. The average molecular weight is 303 g/mol. The van der Waals surface area contributed by atoms with Gasteiger partial charge >= 0.3 is 0 Å². The SMILES string of the molecule is COc1ccc2cc(C(=O)Nc3nccs3)cnc2c1F. The van der Waals surface area contributed by atoms with Crippen molar-refractivity contribution in [1.82, 2.24) is 9.97 Å². The van der Waals surface area contributed by atoms with Crippen molar-refractivity contribution in [3.63, 3.8) is 0 Å². The van der Waals surface area contributed by atoms with Crippen LogP contribution in [0.15, 0.2) is 36.0 Å². The topological polar surface area (TPSA) is 64.1 Å². The summed E-state index contributed by atoms with van der Waals surface area (Å²) in [4.78, 5) is 20.0. The zero-order valence-electron chi connectivity index (χ0n) is 11.0. The molecular weight excluding hydrogens is 293 g/mol. The summed E-state index contributed by atoms with van der Waals surface area (Å²) in [5, 5.41) is 5.44. The van der Waals surface area contributed by atoms with Crippen molar-refractivity contribution in [2.45, 2.75) is 0 Å². The standard InChI is InChI=1S/C14H10FN3O2S/c1-20-10-3-2-8-6-9(7-17-12(8)11(10)15)13(19)18-14-16-4-5-21-14/h2-7H,1H3,(H,16,18,19). The van der Waals surface area contributed by atoms with Crippen LogP contribution in [0.4, 0.5) is 9.52 Å². The van der Waals surface area contributed by atoms with Gasteiger partial charge in [-0.05, 0) is 18.2 Å². The van der Waals surface area contributed by atoms with Gasteiger partial charge in [-0.25, -0.2) is 9.37 Å². The van der Waals surface area contributed by atoms with Crippen LogP contribution in [0, 0.1) is 5.82 Å². The Morgan fingerprint density at radius 1 is 1.38 bits per heavy atom. The fraction of sp³-hybridized carbons (Fsp3) is 0.0714. The maximum absolute atomic E-state index is 14.0. The number of methoxy groups -OCH3 is 1. The second-order valence-electron chi connectivity index (χ2n) is 4.17. The number of nitrogens with one attached hydrogen (secondary N) is 1. The number of thiazole rings is 1. The molecule has 106 valence electrons. The van der Waals surface area contributed by atoms with Crippen LogP contribution in [0.5, 0.6) is 5.75 Å². The number of pyridine rings is 1. The Morgan fingerprint density at radius 2 is 2.24 bits per heavy atom. The molecule has 0 saturated heterocycles. The molecule has 3 rings (SSSR count). The maximum atomic E-state index is 14.0. The lowest BCUT2D eigenvalue weighted by Gasteiger charge is -2.06. The summed E-state index contributed by atoms with van der Waals surface area (Å²) in [5.41, 5.74) is 0.502. The number of carbonyl (C=O) groups excluding carboxylic acids is 1. The number of hydrogen-bond donors (Lipinski definition) is 1. The largest absolute Gasteiger partial charge is 0.494 e. The van der Waals surface area contributed by atoms with Gasteiger partial charge in [0.1, 0.15) is 5.52 Å². The second-order valence-corrected chi connectivity index (χ2v) is 5.06.